The minimum absolute atomic E-state index is 0.0772. The Hall–Kier alpha value is -0.860. The molecule has 0 saturated carbocycles. The monoisotopic (exact) mass is 205 g/mol. The van der Waals surface area contributed by atoms with Gasteiger partial charge < -0.3 is 10.4 Å². The van der Waals surface area contributed by atoms with Crippen molar-refractivity contribution in [2.24, 2.45) is 5.41 Å². The van der Waals surface area contributed by atoms with Gasteiger partial charge in [0.05, 0.1) is 6.61 Å². The summed E-state index contributed by atoms with van der Waals surface area (Å²) in [7, 11) is 0. The molecule has 0 aromatic heterocycles. The van der Waals surface area contributed by atoms with Crippen molar-refractivity contribution in [1.82, 2.24) is 5.32 Å². The summed E-state index contributed by atoms with van der Waals surface area (Å²) in [6.45, 7) is 4.37. The number of hydrogen-bond donors (Lipinski definition) is 2. The Morgan fingerprint density at radius 1 is 1.47 bits per heavy atom. The fourth-order valence-corrected chi connectivity index (χ4v) is 2.39. The maximum atomic E-state index is 9.51. The highest BCUT2D eigenvalue weighted by atomic mass is 16.3. The van der Waals surface area contributed by atoms with Crippen LogP contribution in [0, 0.1) is 12.3 Å². The zero-order chi connectivity index (χ0) is 10.7. The lowest BCUT2D eigenvalue weighted by Crippen LogP contribution is -2.30. The second kappa shape index (κ2) is 4.33. The first kappa shape index (κ1) is 10.7. The van der Waals surface area contributed by atoms with Crippen LogP contribution < -0.4 is 5.32 Å². The van der Waals surface area contributed by atoms with E-state index >= 15 is 0 Å². The van der Waals surface area contributed by atoms with E-state index in [1.165, 1.54) is 11.1 Å². The molecule has 82 valence electrons. The molecule has 1 aromatic rings. The number of benzene rings is 1. The van der Waals surface area contributed by atoms with Crippen LogP contribution in [-0.4, -0.2) is 24.8 Å². The second-order valence-electron chi connectivity index (χ2n) is 4.75. The number of aryl methyl sites for hydroxylation is 1. The first-order valence-corrected chi connectivity index (χ1v) is 5.61. The van der Waals surface area contributed by atoms with Crippen LogP contribution in [0.1, 0.15) is 17.5 Å². The highest BCUT2D eigenvalue weighted by Gasteiger charge is 2.33. The van der Waals surface area contributed by atoms with E-state index in [0.29, 0.717) is 0 Å². The van der Waals surface area contributed by atoms with E-state index in [2.05, 4.69) is 36.5 Å². The Kier molecular flexibility index (Phi) is 3.08. The normalized spacial score (nSPS) is 25.7. The summed E-state index contributed by atoms with van der Waals surface area (Å²) in [4.78, 5) is 0. The number of nitrogens with one attached hydrogen (secondary N) is 1. The first-order valence-electron chi connectivity index (χ1n) is 5.61. The number of rotatable bonds is 3. The van der Waals surface area contributed by atoms with Crippen LogP contribution in [0.2, 0.25) is 0 Å². The van der Waals surface area contributed by atoms with Gasteiger partial charge >= 0.3 is 0 Å². The van der Waals surface area contributed by atoms with E-state index in [4.69, 9.17) is 0 Å². The predicted octanol–water partition coefficient (Wildman–Crippen LogP) is 1.51. The van der Waals surface area contributed by atoms with Crippen LogP contribution in [0.15, 0.2) is 24.3 Å². The van der Waals surface area contributed by atoms with Crippen molar-refractivity contribution < 1.29 is 5.11 Å². The summed E-state index contributed by atoms with van der Waals surface area (Å²) in [5.74, 6) is 0. The third-order valence-electron chi connectivity index (χ3n) is 3.33. The van der Waals surface area contributed by atoms with Crippen LogP contribution >= 0.6 is 0 Å². The van der Waals surface area contributed by atoms with E-state index in [0.717, 1.165) is 25.9 Å². The summed E-state index contributed by atoms with van der Waals surface area (Å²) in [5.41, 5.74) is 2.72. The molecule has 2 N–H and O–H groups in total. The molecule has 1 fully saturated rings. The molecule has 0 spiro atoms. The van der Waals surface area contributed by atoms with Gasteiger partial charge in [0.1, 0.15) is 0 Å². The lowest BCUT2D eigenvalue weighted by Gasteiger charge is -2.25. The highest BCUT2D eigenvalue weighted by molar-refractivity contribution is 5.23. The fourth-order valence-electron chi connectivity index (χ4n) is 2.39. The standard InChI is InChI=1S/C13H19NO/c1-11-3-2-4-12(7-11)8-13(10-15)5-6-14-9-13/h2-4,7,14-15H,5-6,8-10H2,1H3. The summed E-state index contributed by atoms with van der Waals surface area (Å²) >= 11 is 0. The molecule has 1 saturated heterocycles. The van der Waals surface area contributed by atoms with Gasteiger partial charge in [0.25, 0.3) is 0 Å². The molecule has 0 amide bonds. The van der Waals surface area contributed by atoms with Gasteiger partial charge in [0.15, 0.2) is 0 Å². The van der Waals surface area contributed by atoms with Gasteiger partial charge in [-0.25, -0.2) is 0 Å². The smallest absolute Gasteiger partial charge is 0.0503 e. The minimum Gasteiger partial charge on any atom is -0.396 e. The largest absolute Gasteiger partial charge is 0.396 e. The summed E-state index contributed by atoms with van der Waals surface area (Å²) < 4.78 is 0. The minimum atomic E-state index is 0.0772. The van der Waals surface area contributed by atoms with Gasteiger partial charge in [-0.15, -0.1) is 0 Å². The molecule has 1 aromatic carbocycles. The molecule has 1 aliphatic rings. The zero-order valence-electron chi connectivity index (χ0n) is 9.29. The summed E-state index contributed by atoms with van der Waals surface area (Å²) in [5, 5.41) is 12.8. The highest BCUT2D eigenvalue weighted by Crippen LogP contribution is 2.29. The maximum Gasteiger partial charge on any atom is 0.0503 e. The molecule has 1 atom stereocenters. The lowest BCUT2D eigenvalue weighted by atomic mass is 9.81. The van der Waals surface area contributed by atoms with E-state index in [1.807, 2.05) is 0 Å². The molecule has 1 heterocycles. The van der Waals surface area contributed by atoms with Crippen LogP contribution in [0.3, 0.4) is 0 Å². The molecule has 2 heteroatoms. The maximum absolute atomic E-state index is 9.51. The molecule has 0 bridgehead atoms. The topological polar surface area (TPSA) is 32.3 Å². The van der Waals surface area contributed by atoms with E-state index in [9.17, 15) is 5.11 Å². The number of aliphatic hydroxyl groups excluding tert-OH is 1. The SMILES string of the molecule is Cc1cccc(CC2(CO)CCNC2)c1. The average molecular weight is 205 g/mol. The summed E-state index contributed by atoms with van der Waals surface area (Å²) in [6.07, 6.45) is 2.07. The van der Waals surface area contributed by atoms with Crippen LogP contribution in [0.4, 0.5) is 0 Å². The van der Waals surface area contributed by atoms with Crippen LogP contribution in [0.25, 0.3) is 0 Å². The van der Waals surface area contributed by atoms with Crippen molar-refractivity contribution in [3.8, 4) is 0 Å². The van der Waals surface area contributed by atoms with Crippen molar-refractivity contribution >= 4 is 0 Å². The van der Waals surface area contributed by atoms with Crippen LogP contribution in [0.5, 0.6) is 0 Å². The van der Waals surface area contributed by atoms with Crippen molar-refractivity contribution in [3.05, 3.63) is 35.4 Å². The Labute approximate surface area is 91.3 Å². The molecule has 1 unspecified atom stereocenters. The van der Waals surface area contributed by atoms with Crippen molar-refractivity contribution in [1.29, 1.82) is 0 Å². The molecular weight excluding hydrogens is 186 g/mol. The number of hydrogen-bond acceptors (Lipinski definition) is 2. The van der Waals surface area contributed by atoms with Crippen molar-refractivity contribution in [2.45, 2.75) is 19.8 Å². The molecular formula is C13H19NO. The van der Waals surface area contributed by atoms with Gasteiger partial charge in [-0.05, 0) is 31.9 Å². The molecule has 0 aliphatic carbocycles. The molecule has 1 aliphatic heterocycles. The van der Waals surface area contributed by atoms with Crippen molar-refractivity contribution in [2.75, 3.05) is 19.7 Å². The van der Waals surface area contributed by atoms with Gasteiger partial charge in [-0.2, -0.15) is 0 Å². The second-order valence-corrected chi connectivity index (χ2v) is 4.75. The van der Waals surface area contributed by atoms with Gasteiger partial charge in [-0.1, -0.05) is 29.8 Å². The van der Waals surface area contributed by atoms with Gasteiger partial charge in [-0.3, -0.25) is 0 Å². The fraction of sp³-hybridized carbons (Fsp3) is 0.538. The van der Waals surface area contributed by atoms with E-state index in [1.54, 1.807) is 0 Å². The zero-order valence-corrected chi connectivity index (χ0v) is 9.29. The molecule has 2 nitrogen and oxygen atoms in total. The first-order chi connectivity index (χ1) is 7.24. The van der Waals surface area contributed by atoms with E-state index in [-0.39, 0.29) is 12.0 Å². The Morgan fingerprint density at radius 3 is 2.93 bits per heavy atom. The Bertz CT molecular complexity index is 329. The third kappa shape index (κ3) is 2.39. The average Bonchev–Trinajstić information content (AvgIpc) is 2.67. The molecule has 15 heavy (non-hydrogen) atoms. The lowest BCUT2D eigenvalue weighted by molar-refractivity contribution is 0.143. The van der Waals surface area contributed by atoms with Crippen molar-refractivity contribution in [3.63, 3.8) is 0 Å². The van der Waals surface area contributed by atoms with Gasteiger partial charge in [0, 0.05) is 12.0 Å². The van der Waals surface area contributed by atoms with Gasteiger partial charge in [0.2, 0.25) is 0 Å². The molecule has 2 rings (SSSR count). The predicted molar refractivity (Wildman–Crippen MR) is 61.9 cm³/mol. The van der Waals surface area contributed by atoms with Crippen LogP contribution in [-0.2, 0) is 6.42 Å². The Morgan fingerprint density at radius 2 is 2.33 bits per heavy atom. The third-order valence-corrected chi connectivity index (χ3v) is 3.33. The summed E-state index contributed by atoms with van der Waals surface area (Å²) in [6, 6.07) is 8.58. The number of aliphatic hydroxyl groups is 1. The molecule has 0 radical (unpaired) electrons. The quantitative estimate of drug-likeness (QED) is 0.784. The Balaban J connectivity index is 2.12. The van der Waals surface area contributed by atoms with E-state index < -0.39 is 0 Å².